The molecule has 1 amide bonds. The van der Waals surface area contributed by atoms with Crippen molar-refractivity contribution in [1.29, 1.82) is 0 Å². The summed E-state index contributed by atoms with van der Waals surface area (Å²) in [6.45, 7) is 0.670. The van der Waals surface area contributed by atoms with Crippen molar-refractivity contribution in [2.45, 2.75) is 24.8 Å². The van der Waals surface area contributed by atoms with Crippen LogP contribution < -0.4 is 15.8 Å². The van der Waals surface area contributed by atoms with Crippen molar-refractivity contribution < 1.29 is 13.9 Å². The third-order valence-corrected chi connectivity index (χ3v) is 3.39. The minimum Gasteiger partial charge on any atom is -0.497 e. The van der Waals surface area contributed by atoms with E-state index in [0.29, 0.717) is 24.3 Å². The maximum Gasteiger partial charge on any atom is 0.234 e. The predicted molar refractivity (Wildman–Crippen MR) is 65.9 cm³/mol. The lowest BCUT2D eigenvalue weighted by Gasteiger charge is -2.29. The molecule has 2 rings (SSSR count). The number of ether oxygens (including phenoxy) is 1. The molecule has 18 heavy (non-hydrogen) atoms. The number of methoxy groups -OCH3 is 1. The van der Waals surface area contributed by atoms with E-state index in [1.165, 1.54) is 13.2 Å². The number of carbonyl (C=O) groups excluding carboxylic acids is 1. The molecule has 5 heteroatoms. The molecule has 1 saturated heterocycles. The average Bonchev–Trinajstić information content (AvgIpc) is 2.38. The van der Waals surface area contributed by atoms with E-state index in [-0.39, 0.29) is 23.7 Å². The van der Waals surface area contributed by atoms with Crippen LogP contribution >= 0.6 is 0 Å². The van der Waals surface area contributed by atoms with Crippen LogP contribution in [0.2, 0.25) is 0 Å². The Labute approximate surface area is 105 Å². The molecule has 3 N–H and O–H groups in total. The molecule has 2 atom stereocenters. The normalized spacial score (nSPS) is 23.7. The monoisotopic (exact) mass is 252 g/mol. The van der Waals surface area contributed by atoms with Gasteiger partial charge in [-0.3, -0.25) is 4.79 Å². The first-order valence-corrected chi connectivity index (χ1v) is 5.98. The molecule has 0 spiro atoms. The smallest absolute Gasteiger partial charge is 0.234 e. The van der Waals surface area contributed by atoms with E-state index in [9.17, 15) is 9.18 Å². The van der Waals surface area contributed by atoms with Crippen molar-refractivity contribution in [3.63, 3.8) is 0 Å². The van der Waals surface area contributed by atoms with Gasteiger partial charge in [0.25, 0.3) is 0 Å². The van der Waals surface area contributed by atoms with E-state index < -0.39 is 0 Å². The van der Waals surface area contributed by atoms with Crippen LogP contribution in [-0.2, 0) is 4.79 Å². The number of nitrogens with two attached hydrogens (primary N) is 1. The molecule has 98 valence electrons. The second-order valence-electron chi connectivity index (χ2n) is 4.52. The van der Waals surface area contributed by atoms with Gasteiger partial charge in [-0.25, -0.2) is 4.39 Å². The summed E-state index contributed by atoms with van der Waals surface area (Å²) >= 11 is 0. The second-order valence-corrected chi connectivity index (χ2v) is 4.52. The van der Waals surface area contributed by atoms with E-state index >= 15 is 0 Å². The molecule has 0 radical (unpaired) electrons. The molecule has 0 bridgehead atoms. The Bertz CT molecular complexity index is 451. The highest BCUT2D eigenvalue weighted by molar-refractivity contribution is 5.80. The van der Waals surface area contributed by atoms with Gasteiger partial charge < -0.3 is 15.8 Å². The highest BCUT2D eigenvalue weighted by atomic mass is 19.1. The third-order valence-electron chi connectivity index (χ3n) is 3.39. The Morgan fingerprint density at radius 3 is 2.94 bits per heavy atom. The largest absolute Gasteiger partial charge is 0.497 e. The molecule has 1 aliphatic heterocycles. The van der Waals surface area contributed by atoms with Crippen LogP contribution in [0, 0.1) is 5.82 Å². The Morgan fingerprint density at radius 1 is 1.56 bits per heavy atom. The van der Waals surface area contributed by atoms with Gasteiger partial charge in [-0.1, -0.05) is 6.07 Å². The first-order valence-electron chi connectivity index (χ1n) is 5.98. The van der Waals surface area contributed by atoms with Crippen molar-refractivity contribution in [1.82, 2.24) is 5.32 Å². The molecule has 0 saturated carbocycles. The van der Waals surface area contributed by atoms with E-state index in [1.807, 2.05) is 0 Å². The molecule has 1 heterocycles. The third kappa shape index (κ3) is 2.61. The highest BCUT2D eigenvalue weighted by Gasteiger charge is 2.27. The maximum atomic E-state index is 13.9. The number of halogens is 1. The highest BCUT2D eigenvalue weighted by Crippen LogP contribution is 2.31. The molecule has 1 aromatic carbocycles. The summed E-state index contributed by atoms with van der Waals surface area (Å²) in [5.74, 6) is -0.149. The lowest BCUT2D eigenvalue weighted by molar-refractivity contribution is -0.120. The zero-order valence-electron chi connectivity index (χ0n) is 10.3. The van der Waals surface area contributed by atoms with Crippen LogP contribution in [-0.4, -0.2) is 25.6 Å². The number of carbonyl (C=O) groups is 1. The summed E-state index contributed by atoms with van der Waals surface area (Å²) in [7, 11) is 1.50. The zero-order chi connectivity index (χ0) is 13.1. The number of rotatable bonds is 3. The fraction of sp³-hybridized carbons (Fsp3) is 0.462. The molecule has 1 aliphatic rings. The van der Waals surface area contributed by atoms with Crippen molar-refractivity contribution >= 4 is 5.91 Å². The van der Waals surface area contributed by atoms with Crippen LogP contribution in [0.5, 0.6) is 5.75 Å². The first kappa shape index (κ1) is 12.8. The van der Waals surface area contributed by atoms with Crippen molar-refractivity contribution in [3.8, 4) is 5.75 Å². The van der Waals surface area contributed by atoms with Gasteiger partial charge in [-0.05, 0) is 36.9 Å². The lowest BCUT2D eigenvalue weighted by atomic mass is 9.86. The molecular formula is C13H17FN2O2. The summed E-state index contributed by atoms with van der Waals surface area (Å²) in [5, 5.41) is 3.04. The summed E-state index contributed by atoms with van der Waals surface area (Å²) in [5.41, 5.74) is 5.90. The molecule has 2 unspecified atom stereocenters. The zero-order valence-corrected chi connectivity index (χ0v) is 10.3. The van der Waals surface area contributed by atoms with Crippen LogP contribution in [0.25, 0.3) is 0 Å². The van der Waals surface area contributed by atoms with Crippen LogP contribution in [0.4, 0.5) is 4.39 Å². The van der Waals surface area contributed by atoms with Gasteiger partial charge in [0.2, 0.25) is 5.91 Å². The summed E-state index contributed by atoms with van der Waals surface area (Å²) in [4.78, 5) is 11.2. The fourth-order valence-corrected chi connectivity index (χ4v) is 2.38. The molecular weight excluding hydrogens is 235 g/mol. The standard InChI is InChI=1S/C13H17FN2O2/c1-18-9-2-3-10(11(14)7-9)8-4-5-16-12(6-8)13(15)17/h2-3,7-8,12,16H,4-6H2,1H3,(H2,15,17). The minimum atomic E-state index is -0.381. The average molecular weight is 252 g/mol. The maximum absolute atomic E-state index is 13.9. The number of amides is 1. The SMILES string of the molecule is COc1ccc(C2CCNC(C(N)=O)C2)c(F)c1. The van der Waals surface area contributed by atoms with Gasteiger partial charge in [0.15, 0.2) is 0 Å². The number of hydrogen-bond acceptors (Lipinski definition) is 3. The molecule has 1 fully saturated rings. The van der Waals surface area contributed by atoms with Gasteiger partial charge in [-0.15, -0.1) is 0 Å². The Morgan fingerprint density at radius 2 is 2.33 bits per heavy atom. The number of hydrogen-bond donors (Lipinski definition) is 2. The van der Waals surface area contributed by atoms with Crippen LogP contribution in [0.1, 0.15) is 24.3 Å². The van der Waals surface area contributed by atoms with E-state index in [0.717, 1.165) is 6.42 Å². The van der Waals surface area contributed by atoms with Gasteiger partial charge in [0.1, 0.15) is 11.6 Å². The van der Waals surface area contributed by atoms with Crippen molar-refractivity contribution in [2.75, 3.05) is 13.7 Å². The first-order chi connectivity index (χ1) is 8.61. The predicted octanol–water partition coefficient (Wildman–Crippen LogP) is 1.16. The van der Waals surface area contributed by atoms with Crippen LogP contribution in [0.3, 0.4) is 0 Å². The van der Waals surface area contributed by atoms with E-state index in [1.54, 1.807) is 12.1 Å². The molecule has 1 aromatic rings. The number of piperidine rings is 1. The fourth-order valence-electron chi connectivity index (χ4n) is 2.38. The Balaban J connectivity index is 2.18. The Hall–Kier alpha value is -1.62. The topological polar surface area (TPSA) is 64.3 Å². The van der Waals surface area contributed by atoms with E-state index in [2.05, 4.69) is 5.32 Å². The van der Waals surface area contributed by atoms with Gasteiger partial charge >= 0.3 is 0 Å². The number of benzene rings is 1. The summed E-state index contributed by atoms with van der Waals surface area (Å²) < 4.78 is 18.9. The molecule has 0 aliphatic carbocycles. The van der Waals surface area contributed by atoms with Gasteiger partial charge in [0, 0.05) is 6.07 Å². The van der Waals surface area contributed by atoms with Crippen molar-refractivity contribution in [2.24, 2.45) is 5.73 Å². The quantitative estimate of drug-likeness (QED) is 0.848. The lowest BCUT2D eigenvalue weighted by Crippen LogP contribution is -2.46. The number of primary amides is 1. The van der Waals surface area contributed by atoms with Gasteiger partial charge in [0.05, 0.1) is 13.2 Å². The molecule has 4 nitrogen and oxygen atoms in total. The Kier molecular flexibility index (Phi) is 3.81. The number of nitrogens with one attached hydrogen (secondary N) is 1. The minimum absolute atomic E-state index is 0.0228. The van der Waals surface area contributed by atoms with E-state index in [4.69, 9.17) is 10.5 Å². The summed E-state index contributed by atoms with van der Waals surface area (Å²) in [6, 6.07) is 4.46. The summed E-state index contributed by atoms with van der Waals surface area (Å²) in [6.07, 6.45) is 1.34. The van der Waals surface area contributed by atoms with Gasteiger partial charge in [-0.2, -0.15) is 0 Å². The second kappa shape index (κ2) is 5.35. The van der Waals surface area contributed by atoms with Crippen LogP contribution in [0.15, 0.2) is 18.2 Å². The molecule has 0 aromatic heterocycles. The van der Waals surface area contributed by atoms with Crippen molar-refractivity contribution in [3.05, 3.63) is 29.6 Å².